The summed E-state index contributed by atoms with van der Waals surface area (Å²) in [6.45, 7) is 5.03. The topological polar surface area (TPSA) is 61.5 Å². The normalized spacial score (nSPS) is 10.9. The van der Waals surface area contributed by atoms with Crippen LogP contribution < -0.4 is 9.47 Å². The van der Waals surface area contributed by atoms with Crippen molar-refractivity contribution in [2.24, 2.45) is 5.10 Å². The number of nitrogens with zero attached hydrogens (tertiary/aromatic N) is 4. The Bertz CT molecular complexity index is 584. The van der Waals surface area contributed by atoms with Gasteiger partial charge in [-0.2, -0.15) is 5.10 Å². The van der Waals surface area contributed by atoms with Crippen molar-refractivity contribution < 1.29 is 9.47 Å². The van der Waals surface area contributed by atoms with E-state index in [2.05, 4.69) is 31.2 Å². The summed E-state index contributed by atoms with van der Waals surface area (Å²) in [7, 11) is 0. The molecule has 7 heteroatoms. The van der Waals surface area contributed by atoms with E-state index >= 15 is 0 Å². The lowest BCUT2D eigenvalue weighted by Gasteiger charge is -2.12. The molecule has 0 saturated carbocycles. The molecule has 1 aromatic carbocycles. The first kappa shape index (κ1) is 14.5. The summed E-state index contributed by atoms with van der Waals surface area (Å²) in [6, 6.07) is 3.76. The van der Waals surface area contributed by atoms with Gasteiger partial charge in [-0.05, 0) is 41.9 Å². The minimum absolute atomic E-state index is 0.573. The van der Waals surface area contributed by atoms with Crippen LogP contribution in [0.15, 0.2) is 34.4 Å². The van der Waals surface area contributed by atoms with Gasteiger partial charge in [-0.1, -0.05) is 0 Å². The fraction of sp³-hybridized carbons (Fsp3) is 0.308. The first-order valence-electron chi connectivity index (χ1n) is 6.22. The van der Waals surface area contributed by atoms with Crippen LogP contribution in [0.5, 0.6) is 11.5 Å². The standard InChI is InChI=1S/C13H15BrN4O2/c1-3-19-12-5-10(7-17-18-8-15-16-9-18)11(14)6-13(12)20-4-2/h5-9H,3-4H2,1-2H3. The zero-order valence-corrected chi connectivity index (χ0v) is 12.9. The van der Waals surface area contributed by atoms with E-state index in [1.165, 1.54) is 17.3 Å². The molecule has 0 saturated heterocycles. The molecule has 0 aliphatic heterocycles. The molecular formula is C13H15BrN4O2. The van der Waals surface area contributed by atoms with E-state index in [9.17, 15) is 0 Å². The largest absolute Gasteiger partial charge is 0.490 e. The molecule has 6 nitrogen and oxygen atoms in total. The van der Waals surface area contributed by atoms with Crippen LogP contribution in [0.1, 0.15) is 19.4 Å². The Morgan fingerprint density at radius 3 is 2.35 bits per heavy atom. The predicted octanol–water partition coefficient (Wildman–Crippen LogP) is 2.72. The highest BCUT2D eigenvalue weighted by atomic mass is 79.9. The molecule has 0 unspecified atom stereocenters. The van der Waals surface area contributed by atoms with Gasteiger partial charge in [0.25, 0.3) is 0 Å². The summed E-state index contributed by atoms with van der Waals surface area (Å²) < 4.78 is 13.5. The lowest BCUT2D eigenvalue weighted by molar-refractivity contribution is 0.287. The number of rotatable bonds is 6. The van der Waals surface area contributed by atoms with Crippen LogP contribution in [0, 0.1) is 0 Å². The van der Waals surface area contributed by atoms with Crippen molar-refractivity contribution in [2.75, 3.05) is 13.2 Å². The number of ether oxygens (including phenoxy) is 2. The van der Waals surface area contributed by atoms with Gasteiger partial charge in [0, 0.05) is 10.0 Å². The third-order valence-corrected chi connectivity index (χ3v) is 3.09. The van der Waals surface area contributed by atoms with E-state index in [0.717, 1.165) is 10.0 Å². The van der Waals surface area contributed by atoms with E-state index in [1.807, 2.05) is 26.0 Å². The number of hydrogen-bond donors (Lipinski definition) is 0. The van der Waals surface area contributed by atoms with Gasteiger partial charge in [0.15, 0.2) is 11.5 Å². The van der Waals surface area contributed by atoms with Crippen molar-refractivity contribution in [3.8, 4) is 11.5 Å². The molecule has 0 N–H and O–H groups in total. The summed E-state index contributed by atoms with van der Waals surface area (Å²) in [5, 5.41) is 11.6. The molecule has 2 rings (SSSR count). The van der Waals surface area contributed by atoms with E-state index < -0.39 is 0 Å². The molecule has 2 aromatic rings. The summed E-state index contributed by atoms with van der Waals surface area (Å²) in [5.74, 6) is 1.41. The second-order valence-electron chi connectivity index (χ2n) is 3.77. The van der Waals surface area contributed by atoms with Crippen LogP contribution >= 0.6 is 15.9 Å². The molecule has 0 radical (unpaired) electrons. The van der Waals surface area contributed by atoms with Crippen LogP contribution in [0.2, 0.25) is 0 Å². The first-order valence-corrected chi connectivity index (χ1v) is 7.02. The summed E-state index contributed by atoms with van der Waals surface area (Å²) in [5.41, 5.74) is 0.880. The van der Waals surface area contributed by atoms with Gasteiger partial charge in [0.1, 0.15) is 12.7 Å². The minimum atomic E-state index is 0.573. The SMILES string of the molecule is CCOc1cc(Br)c(C=Nn2cnnc2)cc1OCC. The molecule has 0 spiro atoms. The van der Waals surface area contributed by atoms with Crippen LogP contribution in [0.25, 0.3) is 0 Å². The summed E-state index contributed by atoms with van der Waals surface area (Å²) >= 11 is 3.50. The van der Waals surface area contributed by atoms with Gasteiger partial charge in [-0.15, -0.1) is 10.2 Å². The third kappa shape index (κ3) is 3.57. The second kappa shape index (κ2) is 7.04. The number of aromatic nitrogens is 3. The fourth-order valence-electron chi connectivity index (χ4n) is 1.57. The Morgan fingerprint density at radius 2 is 1.75 bits per heavy atom. The van der Waals surface area contributed by atoms with Crippen LogP contribution in [0.4, 0.5) is 0 Å². The van der Waals surface area contributed by atoms with Gasteiger partial charge in [0.05, 0.1) is 19.4 Å². The van der Waals surface area contributed by atoms with Crippen molar-refractivity contribution in [1.29, 1.82) is 0 Å². The third-order valence-electron chi connectivity index (χ3n) is 2.40. The maximum atomic E-state index is 5.58. The summed E-state index contributed by atoms with van der Waals surface area (Å²) in [4.78, 5) is 0. The minimum Gasteiger partial charge on any atom is -0.490 e. The van der Waals surface area contributed by atoms with Gasteiger partial charge in [-0.25, -0.2) is 4.68 Å². The van der Waals surface area contributed by atoms with E-state index in [1.54, 1.807) is 6.21 Å². The Balaban J connectivity index is 2.30. The van der Waals surface area contributed by atoms with Crippen LogP contribution in [0.3, 0.4) is 0 Å². The molecule has 106 valence electrons. The molecule has 0 amide bonds. The zero-order valence-electron chi connectivity index (χ0n) is 11.3. The van der Waals surface area contributed by atoms with Gasteiger partial charge >= 0.3 is 0 Å². The molecule has 0 atom stereocenters. The molecule has 1 aromatic heterocycles. The molecule has 1 heterocycles. The molecule has 0 bridgehead atoms. The maximum absolute atomic E-state index is 5.58. The van der Waals surface area contributed by atoms with Gasteiger partial charge in [-0.3, -0.25) is 0 Å². The highest BCUT2D eigenvalue weighted by Gasteiger charge is 2.09. The lowest BCUT2D eigenvalue weighted by Crippen LogP contribution is -2.00. The smallest absolute Gasteiger partial charge is 0.162 e. The van der Waals surface area contributed by atoms with E-state index in [0.29, 0.717) is 24.7 Å². The van der Waals surface area contributed by atoms with Crippen molar-refractivity contribution >= 4 is 22.1 Å². The molecular weight excluding hydrogens is 324 g/mol. The molecule has 0 aliphatic rings. The average molecular weight is 339 g/mol. The highest BCUT2D eigenvalue weighted by Crippen LogP contribution is 2.33. The quantitative estimate of drug-likeness (QED) is 0.759. The molecule has 20 heavy (non-hydrogen) atoms. The van der Waals surface area contributed by atoms with Crippen LogP contribution in [-0.2, 0) is 0 Å². The van der Waals surface area contributed by atoms with Crippen LogP contribution in [-0.4, -0.2) is 34.3 Å². The van der Waals surface area contributed by atoms with Gasteiger partial charge in [0.2, 0.25) is 0 Å². The van der Waals surface area contributed by atoms with Crippen molar-refractivity contribution in [3.05, 3.63) is 34.8 Å². The lowest BCUT2D eigenvalue weighted by atomic mass is 10.2. The number of halogens is 1. The Hall–Kier alpha value is -1.89. The Morgan fingerprint density at radius 1 is 1.15 bits per heavy atom. The number of benzene rings is 1. The Labute approximate surface area is 125 Å². The average Bonchev–Trinajstić information content (AvgIpc) is 2.94. The monoisotopic (exact) mass is 338 g/mol. The van der Waals surface area contributed by atoms with Crippen molar-refractivity contribution in [2.45, 2.75) is 13.8 Å². The predicted molar refractivity (Wildman–Crippen MR) is 79.5 cm³/mol. The fourth-order valence-corrected chi connectivity index (χ4v) is 1.99. The highest BCUT2D eigenvalue weighted by molar-refractivity contribution is 9.10. The van der Waals surface area contributed by atoms with Gasteiger partial charge < -0.3 is 9.47 Å². The molecule has 0 fully saturated rings. The Kier molecular flexibility index (Phi) is 5.11. The van der Waals surface area contributed by atoms with E-state index in [-0.39, 0.29) is 0 Å². The maximum Gasteiger partial charge on any atom is 0.162 e. The van der Waals surface area contributed by atoms with E-state index in [4.69, 9.17) is 9.47 Å². The summed E-state index contributed by atoms with van der Waals surface area (Å²) in [6.07, 6.45) is 4.73. The molecule has 0 aliphatic carbocycles. The van der Waals surface area contributed by atoms with Crippen molar-refractivity contribution in [3.63, 3.8) is 0 Å². The zero-order chi connectivity index (χ0) is 14.4. The first-order chi connectivity index (χ1) is 9.74. The second-order valence-corrected chi connectivity index (χ2v) is 4.63. The number of hydrogen-bond acceptors (Lipinski definition) is 5. The van der Waals surface area contributed by atoms with Crippen molar-refractivity contribution in [1.82, 2.24) is 14.9 Å².